The van der Waals surface area contributed by atoms with Gasteiger partial charge in [-0.2, -0.15) is 0 Å². The number of carbonyl (C=O) groups is 3. The topological polar surface area (TPSA) is 149 Å². The van der Waals surface area contributed by atoms with Gasteiger partial charge in [0.2, 0.25) is 11.5 Å². The number of nitrogens with zero attached hydrogens (tertiary/aromatic N) is 5. The number of anilines is 1. The lowest BCUT2D eigenvalue weighted by atomic mass is 9.85. The van der Waals surface area contributed by atoms with E-state index >= 15 is 0 Å². The van der Waals surface area contributed by atoms with Crippen LogP contribution in [0, 0.1) is 0 Å². The smallest absolute Gasteiger partial charge is 0.355 e. The first-order valence-corrected chi connectivity index (χ1v) is 14.6. The lowest BCUT2D eigenvalue weighted by molar-refractivity contribution is -0.190. The van der Waals surface area contributed by atoms with Crippen LogP contribution in [-0.2, 0) is 42.6 Å². The fourth-order valence-corrected chi connectivity index (χ4v) is 6.23. The highest BCUT2D eigenvalue weighted by molar-refractivity contribution is 6.11. The van der Waals surface area contributed by atoms with Gasteiger partial charge in [-0.1, -0.05) is 32.8 Å². The molecule has 6 rings (SSSR count). The van der Waals surface area contributed by atoms with Gasteiger partial charge in [0, 0.05) is 24.7 Å². The molecule has 232 valence electrons. The zero-order chi connectivity index (χ0) is 30.5. The van der Waals surface area contributed by atoms with Gasteiger partial charge in [-0.15, -0.1) is 12.4 Å². The Balaban J connectivity index is 0.00000384. The average Bonchev–Trinajstić information content (AvgIpc) is 3.38. The fourth-order valence-electron chi connectivity index (χ4n) is 6.23. The zero-order valence-corrected chi connectivity index (χ0v) is 25.7. The molecular formula is C31H35ClN6O6. The molecule has 3 aliphatic rings. The summed E-state index contributed by atoms with van der Waals surface area (Å²) in [5.74, 6) is -2.04. The normalized spacial score (nSPS) is 17.4. The number of ether oxygens (including phenoxy) is 2. The first kappa shape index (κ1) is 31.1. The number of unbranched alkanes of at least 4 members (excludes halogenated alkanes) is 2. The second kappa shape index (κ2) is 12.0. The molecule has 0 saturated heterocycles. The molecule has 12 nitrogen and oxygen atoms in total. The largest absolute Gasteiger partial charge is 0.457 e. The Labute approximate surface area is 260 Å². The van der Waals surface area contributed by atoms with Gasteiger partial charge in [-0.05, 0) is 31.0 Å². The van der Waals surface area contributed by atoms with Crippen molar-refractivity contribution in [1.82, 2.24) is 14.5 Å². The molecule has 3 aromatic rings. The van der Waals surface area contributed by atoms with Crippen LogP contribution in [0.25, 0.3) is 22.3 Å². The molecule has 0 saturated carbocycles. The molecule has 0 bridgehead atoms. The Bertz CT molecular complexity index is 1770. The van der Waals surface area contributed by atoms with Crippen molar-refractivity contribution in [3.05, 3.63) is 51.3 Å². The summed E-state index contributed by atoms with van der Waals surface area (Å²) >= 11 is 0. The maximum atomic E-state index is 14.0. The van der Waals surface area contributed by atoms with Gasteiger partial charge in [-0.25, -0.2) is 14.8 Å². The number of cyclic esters (lactones) is 1. The standard InChI is InChI=1S/C31H34N6O6.ClH/c1-4-6-7-11-36-17-33-21-9-8-10-22-26(21)28(36)18-14-37-23(27(18)34-22)12-20-19(29(37)40)16-42-30(41)31(20,5-2)43-25(39)15-35(3)24(38)13-32;/h8-10,12,17H,4-7,11,13-16,32H2,1-3H3;1H/t31-;/m0./s1. The molecule has 44 heavy (non-hydrogen) atoms. The number of nitrogens with two attached hydrogens (primary N) is 1. The molecule has 1 aromatic carbocycles. The average molecular weight is 623 g/mol. The number of hydrogen-bond donors (Lipinski definition) is 1. The third kappa shape index (κ3) is 4.82. The number of benzene rings is 1. The number of likely N-dealkylation sites (N-methyl/N-ethyl adjacent to an activating group) is 1. The van der Waals surface area contributed by atoms with Crippen molar-refractivity contribution in [3.8, 4) is 11.4 Å². The predicted octanol–water partition coefficient (Wildman–Crippen LogP) is 3.14. The van der Waals surface area contributed by atoms with E-state index in [-0.39, 0.29) is 48.7 Å². The molecular weight excluding hydrogens is 588 g/mol. The van der Waals surface area contributed by atoms with E-state index in [9.17, 15) is 19.2 Å². The van der Waals surface area contributed by atoms with Gasteiger partial charge in [0.25, 0.3) is 5.56 Å². The fraction of sp³-hybridized carbons (Fsp3) is 0.419. The number of rotatable bonds is 9. The summed E-state index contributed by atoms with van der Waals surface area (Å²) in [6, 6.07) is 7.53. The maximum absolute atomic E-state index is 14.0. The summed E-state index contributed by atoms with van der Waals surface area (Å²) in [5, 5.41) is 0.942. The first-order chi connectivity index (χ1) is 20.7. The van der Waals surface area contributed by atoms with Crippen molar-refractivity contribution in [3.63, 3.8) is 0 Å². The van der Waals surface area contributed by atoms with Crippen LogP contribution in [0.5, 0.6) is 0 Å². The Hall–Kier alpha value is -4.29. The minimum absolute atomic E-state index is 0. The minimum Gasteiger partial charge on any atom is -0.457 e. The molecule has 1 amide bonds. The van der Waals surface area contributed by atoms with Gasteiger partial charge in [0.1, 0.15) is 13.2 Å². The van der Waals surface area contributed by atoms with E-state index in [2.05, 4.69) is 16.8 Å². The zero-order valence-electron chi connectivity index (χ0n) is 24.9. The van der Waals surface area contributed by atoms with E-state index in [4.69, 9.17) is 20.2 Å². The van der Waals surface area contributed by atoms with Crippen LogP contribution in [0.3, 0.4) is 0 Å². The number of pyridine rings is 2. The van der Waals surface area contributed by atoms with Crippen molar-refractivity contribution in [2.24, 2.45) is 10.7 Å². The van der Waals surface area contributed by atoms with Crippen LogP contribution in [0.2, 0.25) is 0 Å². The SMILES string of the molecule is CCCCCN1C=Nc2cccc3nc4c(c1c23)Cn1c-4cc2c(c1=O)COC(=O)[C@@]2(CC)OC(=O)CN(C)C(=O)CN.Cl. The van der Waals surface area contributed by atoms with Crippen molar-refractivity contribution in [2.75, 3.05) is 31.6 Å². The van der Waals surface area contributed by atoms with Crippen molar-refractivity contribution < 1.29 is 23.9 Å². The number of amides is 1. The second-order valence-electron chi connectivity index (χ2n) is 11.1. The van der Waals surface area contributed by atoms with Gasteiger partial charge < -0.3 is 29.6 Å². The van der Waals surface area contributed by atoms with Crippen LogP contribution < -0.4 is 16.2 Å². The van der Waals surface area contributed by atoms with Crippen LogP contribution >= 0.6 is 12.4 Å². The predicted molar refractivity (Wildman–Crippen MR) is 167 cm³/mol. The van der Waals surface area contributed by atoms with Crippen molar-refractivity contribution >= 4 is 58.9 Å². The maximum Gasteiger partial charge on any atom is 0.355 e. The third-order valence-electron chi connectivity index (χ3n) is 8.51. The highest BCUT2D eigenvalue weighted by Crippen LogP contribution is 2.47. The first-order valence-electron chi connectivity index (χ1n) is 14.6. The third-order valence-corrected chi connectivity index (χ3v) is 8.51. The number of hydrogen-bond acceptors (Lipinski definition) is 10. The van der Waals surface area contributed by atoms with Crippen LogP contribution in [0.1, 0.15) is 56.2 Å². The van der Waals surface area contributed by atoms with Crippen LogP contribution in [0.4, 0.5) is 11.4 Å². The van der Waals surface area contributed by atoms with Crippen LogP contribution in [-0.4, -0.2) is 65.3 Å². The summed E-state index contributed by atoms with van der Waals surface area (Å²) in [5.41, 5.74) is 8.39. The summed E-state index contributed by atoms with van der Waals surface area (Å²) < 4.78 is 12.9. The molecule has 13 heteroatoms. The second-order valence-corrected chi connectivity index (χ2v) is 11.1. The van der Waals surface area contributed by atoms with Gasteiger partial charge in [-0.3, -0.25) is 14.4 Å². The summed E-state index contributed by atoms with van der Waals surface area (Å²) in [7, 11) is 1.42. The Morgan fingerprint density at radius 2 is 1.98 bits per heavy atom. The van der Waals surface area contributed by atoms with Gasteiger partial charge >= 0.3 is 11.9 Å². The molecule has 3 aliphatic heterocycles. The molecule has 0 radical (unpaired) electrons. The Kier molecular flexibility index (Phi) is 8.50. The van der Waals surface area contributed by atoms with E-state index in [0.717, 1.165) is 58.5 Å². The van der Waals surface area contributed by atoms with E-state index in [1.54, 1.807) is 17.6 Å². The highest BCUT2D eigenvalue weighted by Gasteiger charge is 2.50. The number of aliphatic imine (C=N–C) groups is 1. The minimum atomic E-state index is -1.86. The number of esters is 2. The van der Waals surface area contributed by atoms with Gasteiger partial charge in [0.15, 0.2) is 0 Å². The van der Waals surface area contributed by atoms with E-state index in [1.807, 2.05) is 24.5 Å². The molecule has 0 fully saturated rings. The monoisotopic (exact) mass is 622 g/mol. The van der Waals surface area contributed by atoms with Crippen molar-refractivity contribution in [1.29, 1.82) is 0 Å². The number of carbonyl (C=O) groups excluding carboxylic acids is 3. The van der Waals surface area contributed by atoms with E-state index < -0.39 is 30.0 Å². The lowest BCUT2D eigenvalue weighted by Gasteiger charge is -2.36. The molecule has 0 unspecified atom stereocenters. The number of fused-ring (bicyclic) bond motifs is 5. The molecule has 2 N–H and O–H groups in total. The molecule has 0 spiro atoms. The highest BCUT2D eigenvalue weighted by atomic mass is 35.5. The number of halogens is 1. The number of aromatic nitrogens is 2. The van der Waals surface area contributed by atoms with Gasteiger partial charge in [0.05, 0.1) is 58.7 Å². The van der Waals surface area contributed by atoms with E-state index in [0.29, 0.717) is 17.9 Å². The summed E-state index contributed by atoms with van der Waals surface area (Å²) in [4.78, 5) is 65.3. The quantitative estimate of drug-likeness (QED) is 0.219. The Morgan fingerprint density at radius 3 is 2.70 bits per heavy atom. The Morgan fingerprint density at radius 1 is 1.18 bits per heavy atom. The molecule has 5 heterocycles. The van der Waals surface area contributed by atoms with Crippen LogP contribution in [0.15, 0.2) is 34.1 Å². The van der Waals surface area contributed by atoms with Crippen molar-refractivity contribution in [2.45, 2.75) is 58.3 Å². The molecule has 0 aliphatic carbocycles. The summed E-state index contributed by atoms with van der Waals surface area (Å²) in [6.07, 6.45) is 5.03. The summed E-state index contributed by atoms with van der Waals surface area (Å²) in [6.45, 7) is 3.98. The lowest BCUT2D eigenvalue weighted by Crippen LogP contribution is -2.49. The molecule has 2 aromatic heterocycles. The molecule has 1 atom stereocenters. The van der Waals surface area contributed by atoms with E-state index in [1.165, 1.54) is 7.05 Å².